The fourth-order valence-electron chi connectivity index (χ4n) is 4.12. The molecule has 4 rings (SSSR count). The first-order valence-corrected chi connectivity index (χ1v) is 11.8. The highest BCUT2D eigenvalue weighted by atomic mass is 32.1. The highest BCUT2D eigenvalue weighted by molar-refractivity contribution is 7.17. The molecule has 9 heteroatoms. The molecule has 0 radical (unpaired) electrons. The van der Waals surface area contributed by atoms with Crippen molar-refractivity contribution in [3.8, 4) is 16.3 Å². The number of thiazole rings is 1. The van der Waals surface area contributed by atoms with Crippen LogP contribution in [0.5, 0.6) is 5.75 Å². The second-order valence-electron chi connectivity index (χ2n) is 8.28. The molecule has 0 bridgehead atoms. The Balaban J connectivity index is 1.55. The Morgan fingerprint density at radius 3 is 2.45 bits per heavy atom. The molecule has 0 atom stereocenters. The minimum absolute atomic E-state index is 0.0203. The lowest BCUT2D eigenvalue weighted by molar-refractivity contribution is 0.0771. The molecule has 0 aliphatic carbocycles. The van der Waals surface area contributed by atoms with Gasteiger partial charge in [-0.15, -0.1) is 11.3 Å². The first-order chi connectivity index (χ1) is 15.8. The van der Waals surface area contributed by atoms with Crippen molar-refractivity contribution in [3.63, 3.8) is 0 Å². The Hall–Kier alpha value is -3.20. The molecule has 3 aromatic rings. The van der Waals surface area contributed by atoms with Crippen molar-refractivity contribution in [2.75, 3.05) is 38.2 Å². The maximum absolute atomic E-state index is 13.4. The molecule has 0 unspecified atom stereocenters. The van der Waals surface area contributed by atoms with E-state index in [1.807, 2.05) is 37.8 Å². The minimum Gasteiger partial charge on any atom is -0.497 e. The topological polar surface area (TPSA) is 80.6 Å². The van der Waals surface area contributed by atoms with Gasteiger partial charge in [0.1, 0.15) is 15.6 Å². The third-order valence-corrected chi connectivity index (χ3v) is 7.31. The summed E-state index contributed by atoms with van der Waals surface area (Å²) in [5.74, 6) is 0.810. The Morgan fingerprint density at radius 2 is 1.76 bits per heavy atom. The zero-order valence-electron chi connectivity index (χ0n) is 19.7. The summed E-state index contributed by atoms with van der Waals surface area (Å²) < 4.78 is 6.58. The van der Waals surface area contributed by atoms with Crippen LogP contribution >= 0.6 is 11.3 Å². The summed E-state index contributed by atoms with van der Waals surface area (Å²) in [5, 5.41) is 4.82. The van der Waals surface area contributed by atoms with E-state index in [2.05, 4.69) is 27.1 Å². The lowest BCUT2D eigenvalue weighted by Crippen LogP contribution is -2.35. The number of rotatable bonds is 4. The van der Waals surface area contributed by atoms with Gasteiger partial charge in [0.2, 0.25) is 0 Å². The Kier molecular flexibility index (Phi) is 6.51. The van der Waals surface area contributed by atoms with Crippen LogP contribution in [0.25, 0.3) is 10.6 Å². The number of carbonyl (C=O) groups excluding carboxylic acids is 1. The van der Waals surface area contributed by atoms with Crippen LogP contribution in [-0.4, -0.2) is 58.9 Å². The number of amides is 1. The SMILES string of the molecule is COc1ccc(N2CCCN(C(=O)c3sc(-c4c(C)c(C)nn(C)c4=O)nc3C)CC2)cc1. The molecule has 0 saturated carbocycles. The van der Waals surface area contributed by atoms with Crippen molar-refractivity contribution >= 4 is 22.9 Å². The quantitative estimate of drug-likeness (QED) is 0.586. The summed E-state index contributed by atoms with van der Waals surface area (Å²) in [7, 11) is 3.29. The van der Waals surface area contributed by atoms with Crippen molar-refractivity contribution in [2.24, 2.45) is 7.05 Å². The minimum atomic E-state index is -0.198. The molecule has 33 heavy (non-hydrogen) atoms. The number of methoxy groups -OCH3 is 1. The average molecular weight is 468 g/mol. The van der Waals surface area contributed by atoms with E-state index in [1.54, 1.807) is 14.2 Å². The van der Waals surface area contributed by atoms with Gasteiger partial charge in [0.25, 0.3) is 11.5 Å². The van der Waals surface area contributed by atoms with Gasteiger partial charge in [-0.3, -0.25) is 9.59 Å². The van der Waals surface area contributed by atoms with E-state index in [1.165, 1.54) is 16.0 Å². The van der Waals surface area contributed by atoms with Gasteiger partial charge in [-0.2, -0.15) is 5.10 Å². The Morgan fingerprint density at radius 1 is 1.03 bits per heavy atom. The summed E-state index contributed by atoms with van der Waals surface area (Å²) in [4.78, 5) is 35.6. The van der Waals surface area contributed by atoms with Gasteiger partial charge in [-0.05, 0) is 57.0 Å². The zero-order valence-corrected chi connectivity index (χ0v) is 20.5. The largest absolute Gasteiger partial charge is 0.497 e. The number of hydrogen-bond acceptors (Lipinski definition) is 7. The number of benzene rings is 1. The number of hydrogen-bond donors (Lipinski definition) is 0. The molecular formula is C24H29N5O3S. The molecule has 1 fully saturated rings. The fraction of sp³-hybridized carbons (Fsp3) is 0.417. The number of aryl methyl sites for hydroxylation is 3. The molecule has 1 aliphatic rings. The van der Waals surface area contributed by atoms with Gasteiger partial charge in [0.05, 0.1) is 24.1 Å². The van der Waals surface area contributed by atoms with Crippen LogP contribution in [0.15, 0.2) is 29.1 Å². The molecule has 1 amide bonds. The summed E-state index contributed by atoms with van der Waals surface area (Å²) in [6.07, 6.45) is 0.881. The van der Waals surface area contributed by atoms with Gasteiger partial charge in [-0.25, -0.2) is 9.67 Å². The zero-order chi connectivity index (χ0) is 23.7. The Labute approximate surface area is 197 Å². The van der Waals surface area contributed by atoms with Crippen LogP contribution in [0.2, 0.25) is 0 Å². The van der Waals surface area contributed by atoms with Crippen LogP contribution in [-0.2, 0) is 7.05 Å². The molecule has 3 heterocycles. The van der Waals surface area contributed by atoms with Crippen molar-refractivity contribution < 1.29 is 9.53 Å². The van der Waals surface area contributed by atoms with Crippen LogP contribution in [0.3, 0.4) is 0 Å². The number of nitrogens with zero attached hydrogens (tertiary/aromatic N) is 5. The smallest absolute Gasteiger partial charge is 0.277 e. The molecule has 1 saturated heterocycles. The third kappa shape index (κ3) is 4.50. The summed E-state index contributed by atoms with van der Waals surface area (Å²) in [6, 6.07) is 8.02. The summed E-state index contributed by atoms with van der Waals surface area (Å²) in [5.41, 5.74) is 3.69. The van der Waals surface area contributed by atoms with Gasteiger partial charge in [0, 0.05) is 38.9 Å². The summed E-state index contributed by atoms with van der Waals surface area (Å²) >= 11 is 1.30. The molecular weight excluding hydrogens is 438 g/mol. The average Bonchev–Trinajstić information content (AvgIpc) is 3.02. The first-order valence-electron chi connectivity index (χ1n) is 11.0. The van der Waals surface area contributed by atoms with Crippen molar-refractivity contribution in [2.45, 2.75) is 27.2 Å². The van der Waals surface area contributed by atoms with E-state index in [0.29, 0.717) is 34.2 Å². The molecule has 2 aromatic heterocycles. The number of aromatic nitrogens is 3. The van der Waals surface area contributed by atoms with Crippen LogP contribution in [0.1, 0.15) is 33.0 Å². The molecule has 0 spiro atoms. The lowest BCUT2D eigenvalue weighted by Gasteiger charge is -2.23. The predicted molar refractivity (Wildman–Crippen MR) is 131 cm³/mol. The highest BCUT2D eigenvalue weighted by Crippen LogP contribution is 2.30. The van der Waals surface area contributed by atoms with E-state index >= 15 is 0 Å². The third-order valence-electron chi connectivity index (χ3n) is 6.15. The van der Waals surface area contributed by atoms with Crippen molar-refractivity contribution in [1.82, 2.24) is 19.7 Å². The number of ether oxygens (including phenoxy) is 1. The highest BCUT2D eigenvalue weighted by Gasteiger charge is 2.26. The maximum Gasteiger partial charge on any atom is 0.277 e. The lowest BCUT2D eigenvalue weighted by atomic mass is 10.1. The second kappa shape index (κ2) is 9.35. The van der Waals surface area contributed by atoms with Gasteiger partial charge in [-0.1, -0.05) is 0 Å². The maximum atomic E-state index is 13.4. The predicted octanol–water partition coefficient (Wildman–Crippen LogP) is 3.19. The van der Waals surface area contributed by atoms with Crippen LogP contribution in [0, 0.1) is 20.8 Å². The monoisotopic (exact) mass is 467 g/mol. The van der Waals surface area contributed by atoms with E-state index in [9.17, 15) is 9.59 Å². The molecule has 1 aromatic carbocycles. The van der Waals surface area contributed by atoms with Crippen LogP contribution < -0.4 is 15.2 Å². The first kappa shape index (κ1) is 23.0. The number of anilines is 1. The Bertz CT molecular complexity index is 1230. The molecule has 0 N–H and O–H groups in total. The molecule has 174 valence electrons. The normalized spacial score (nSPS) is 14.3. The second-order valence-corrected chi connectivity index (χ2v) is 9.28. The van der Waals surface area contributed by atoms with Crippen molar-refractivity contribution in [3.05, 3.63) is 56.4 Å². The molecule has 8 nitrogen and oxygen atoms in total. The molecule has 1 aliphatic heterocycles. The van der Waals surface area contributed by atoms with E-state index < -0.39 is 0 Å². The van der Waals surface area contributed by atoms with Gasteiger partial charge >= 0.3 is 0 Å². The van der Waals surface area contributed by atoms with E-state index in [0.717, 1.165) is 42.2 Å². The fourth-order valence-corrected chi connectivity index (χ4v) is 5.25. The van der Waals surface area contributed by atoms with E-state index in [-0.39, 0.29) is 11.5 Å². The van der Waals surface area contributed by atoms with Gasteiger partial charge in [0.15, 0.2) is 0 Å². The summed E-state index contributed by atoms with van der Waals surface area (Å²) in [6.45, 7) is 8.54. The standard InChI is InChI=1S/C24H29N5O3S/c1-15-16(2)26-27(4)23(30)20(15)22-25-17(3)21(33-22)24(31)29-12-6-11-28(13-14-29)18-7-9-19(32-5)10-8-18/h7-10H,6,11-14H2,1-5H3. The number of carbonyl (C=O) groups is 1. The van der Waals surface area contributed by atoms with E-state index in [4.69, 9.17) is 4.74 Å². The van der Waals surface area contributed by atoms with Gasteiger partial charge < -0.3 is 14.5 Å². The van der Waals surface area contributed by atoms with Crippen LogP contribution in [0.4, 0.5) is 5.69 Å². The van der Waals surface area contributed by atoms with Crippen molar-refractivity contribution in [1.29, 1.82) is 0 Å².